The Morgan fingerprint density at radius 1 is 1.23 bits per heavy atom. The lowest BCUT2D eigenvalue weighted by Gasteiger charge is -2.17. The van der Waals surface area contributed by atoms with Crippen molar-refractivity contribution < 1.29 is 37.0 Å². The number of halogens is 3. The van der Waals surface area contributed by atoms with E-state index in [1.165, 1.54) is 41.1 Å². The number of anilines is 1. The van der Waals surface area contributed by atoms with Crippen LogP contribution in [0.3, 0.4) is 0 Å². The summed E-state index contributed by atoms with van der Waals surface area (Å²) < 4.78 is 48.9. The fraction of sp³-hybridized carbons (Fsp3) is 0.292. The first-order chi connectivity index (χ1) is 18.5. The van der Waals surface area contributed by atoms with E-state index in [-0.39, 0.29) is 30.8 Å². The van der Waals surface area contributed by atoms with Crippen LogP contribution in [0.4, 0.5) is 23.7 Å². The van der Waals surface area contributed by atoms with Gasteiger partial charge in [0.2, 0.25) is 11.8 Å². The first kappa shape index (κ1) is 29.2. The average molecular weight is 568 g/mol. The molecule has 0 aliphatic rings. The van der Waals surface area contributed by atoms with Gasteiger partial charge >= 0.3 is 12.3 Å². The molecule has 0 saturated carbocycles. The minimum absolute atomic E-state index is 0.0248. The van der Waals surface area contributed by atoms with Gasteiger partial charge in [-0.1, -0.05) is 12.1 Å². The van der Waals surface area contributed by atoms with E-state index in [4.69, 9.17) is 10.5 Å². The number of allylic oxidation sites excluding steroid dienone is 1. The van der Waals surface area contributed by atoms with Gasteiger partial charge in [0.25, 0.3) is 5.56 Å². The van der Waals surface area contributed by atoms with Crippen molar-refractivity contribution in [2.45, 2.75) is 31.6 Å². The molecule has 11 nitrogen and oxygen atoms in total. The van der Waals surface area contributed by atoms with Crippen molar-refractivity contribution in [3.8, 4) is 5.75 Å². The Balaban J connectivity index is 1.77. The number of carbonyl (C=O) groups is 3. The molecule has 1 aromatic carbocycles. The second-order valence-electron chi connectivity index (χ2n) is 8.03. The number of nitrogens with zero attached hydrogens (tertiary/aromatic N) is 2. The standard InChI is InChI=1S/C24H24F3N5O6S/c1-37-23(36)31-15(6-2-3-10-18(28)33)21(34)30-16-8-5-11-32(22(16)35)12-19-29-14-7-4-9-17(20(14)39-19)38-13-24(25,26)27/h3-5,7-11,15H,2,6,12-13H2,1H3,(H2,28,33)(H,30,34)(H,31,36). The van der Waals surface area contributed by atoms with E-state index in [0.29, 0.717) is 15.2 Å². The second kappa shape index (κ2) is 12.9. The second-order valence-corrected chi connectivity index (χ2v) is 9.11. The Morgan fingerprint density at radius 2 is 2.00 bits per heavy atom. The topological polar surface area (TPSA) is 155 Å². The number of fused-ring (bicyclic) bond motifs is 1. The van der Waals surface area contributed by atoms with E-state index in [2.05, 4.69) is 20.4 Å². The van der Waals surface area contributed by atoms with Gasteiger partial charge in [0, 0.05) is 6.20 Å². The third-order valence-corrected chi connectivity index (χ3v) is 6.17. The van der Waals surface area contributed by atoms with E-state index in [9.17, 15) is 32.3 Å². The van der Waals surface area contributed by atoms with Crippen LogP contribution in [0.1, 0.15) is 17.8 Å². The largest absolute Gasteiger partial charge is 0.483 e. The van der Waals surface area contributed by atoms with Gasteiger partial charge in [-0.2, -0.15) is 13.2 Å². The van der Waals surface area contributed by atoms with Crippen molar-refractivity contribution >= 4 is 45.1 Å². The summed E-state index contributed by atoms with van der Waals surface area (Å²) in [6.07, 6.45) is -1.05. The summed E-state index contributed by atoms with van der Waals surface area (Å²) in [5.41, 5.74) is 4.79. The first-order valence-corrected chi connectivity index (χ1v) is 12.2. The lowest BCUT2D eigenvalue weighted by Crippen LogP contribution is -2.44. The van der Waals surface area contributed by atoms with Gasteiger partial charge in [0.1, 0.15) is 22.5 Å². The highest BCUT2D eigenvalue weighted by Crippen LogP contribution is 2.32. The van der Waals surface area contributed by atoms with E-state index in [1.807, 2.05) is 0 Å². The van der Waals surface area contributed by atoms with Crippen LogP contribution < -0.4 is 26.7 Å². The van der Waals surface area contributed by atoms with Gasteiger partial charge in [-0.05, 0) is 43.2 Å². The molecule has 1 unspecified atom stereocenters. The SMILES string of the molecule is COC(=O)NC(CCC=CC(N)=O)C(=O)Nc1cccn(Cc2nc3cccc(OCC(F)(F)F)c3s2)c1=O. The van der Waals surface area contributed by atoms with Gasteiger partial charge in [-0.15, -0.1) is 11.3 Å². The number of carbonyl (C=O) groups excluding carboxylic acids is 3. The Morgan fingerprint density at radius 3 is 2.69 bits per heavy atom. The summed E-state index contributed by atoms with van der Waals surface area (Å²) in [7, 11) is 1.13. The number of alkyl halides is 3. The summed E-state index contributed by atoms with van der Waals surface area (Å²) in [6.45, 7) is -1.48. The van der Waals surface area contributed by atoms with Crippen LogP contribution in [0.25, 0.3) is 10.2 Å². The van der Waals surface area contributed by atoms with Gasteiger partial charge in [0.05, 0.1) is 23.9 Å². The van der Waals surface area contributed by atoms with E-state index in [1.54, 1.807) is 6.07 Å². The zero-order chi connectivity index (χ0) is 28.6. The van der Waals surface area contributed by atoms with Crippen molar-refractivity contribution in [2.24, 2.45) is 5.73 Å². The van der Waals surface area contributed by atoms with Crippen LogP contribution in [0, 0.1) is 0 Å². The fourth-order valence-corrected chi connectivity index (χ4v) is 4.39. The number of benzene rings is 1. The predicted molar refractivity (Wildman–Crippen MR) is 137 cm³/mol. The number of nitrogens with two attached hydrogens (primary N) is 1. The van der Waals surface area contributed by atoms with Crippen molar-refractivity contribution in [1.82, 2.24) is 14.9 Å². The Hall–Kier alpha value is -4.40. The minimum atomic E-state index is -4.50. The van der Waals surface area contributed by atoms with E-state index in [0.717, 1.165) is 24.5 Å². The molecule has 3 rings (SSSR count). The maximum Gasteiger partial charge on any atom is 0.422 e. The number of aromatic nitrogens is 2. The van der Waals surface area contributed by atoms with Crippen molar-refractivity contribution in [3.63, 3.8) is 0 Å². The van der Waals surface area contributed by atoms with Crippen LogP contribution >= 0.6 is 11.3 Å². The number of thiazole rings is 1. The van der Waals surface area contributed by atoms with Crippen LogP contribution in [-0.2, 0) is 20.9 Å². The number of alkyl carbamates (subject to hydrolysis) is 1. The number of rotatable bonds is 11. The number of ether oxygens (including phenoxy) is 2. The zero-order valence-corrected chi connectivity index (χ0v) is 21.3. The van der Waals surface area contributed by atoms with Crippen LogP contribution in [0.2, 0.25) is 0 Å². The molecule has 208 valence electrons. The van der Waals surface area contributed by atoms with Crippen LogP contribution in [0.15, 0.2) is 53.5 Å². The summed E-state index contributed by atoms with van der Waals surface area (Å²) in [6, 6.07) is 6.33. The first-order valence-electron chi connectivity index (χ1n) is 11.4. The quantitative estimate of drug-likeness (QED) is 0.301. The van der Waals surface area contributed by atoms with Gasteiger partial charge in [0.15, 0.2) is 6.61 Å². The fourth-order valence-electron chi connectivity index (χ4n) is 3.37. The molecule has 0 radical (unpaired) electrons. The molecule has 0 fully saturated rings. The number of nitrogens with one attached hydrogen (secondary N) is 2. The molecule has 2 aromatic heterocycles. The number of primary amides is 1. The molecule has 15 heteroatoms. The van der Waals surface area contributed by atoms with Crippen LogP contribution in [-0.4, -0.2) is 53.4 Å². The Bertz CT molecular complexity index is 1440. The molecular weight excluding hydrogens is 543 g/mol. The highest BCUT2D eigenvalue weighted by molar-refractivity contribution is 7.19. The summed E-state index contributed by atoms with van der Waals surface area (Å²) in [4.78, 5) is 52.8. The van der Waals surface area contributed by atoms with E-state index >= 15 is 0 Å². The molecule has 0 aliphatic carbocycles. The molecule has 0 saturated heterocycles. The predicted octanol–water partition coefficient (Wildman–Crippen LogP) is 2.93. The number of amides is 3. The van der Waals surface area contributed by atoms with Crippen molar-refractivity contribution in [3.05, 3.63) is 64.0 Å². The monoisotopic (exact) mass is 567 g/mol. The highest BCUT2D eigenvalue weighted by Gasteiger charge is 2.29. The summed E-state index contributed by atoms with van der Waals surface area (Å²) in [5, 5.41) is 5.27. The molecule has 2 heterocycles. The lowest BCUT2D eigenvalue weighted by atomic mass is 10.1. The minimum Gasteiger partial charge on any atom is -0.483 e. The molecule has 3 amide bonds. The van der Waals surface area contributed by atoms with E-state index < -0.39 is 42.3 Å². The molecule has 1 atom stereocenters. The van der Waals surface area contributed by atoms with Gasteiger partial charge in [-0.3, -0.25) is 14.4 Å². The molecule has 0 spiro atoms. The third-order valence-electron chi connectivity index (χ3n) is 5.10. The molecule has 0 bridgehead atoms. The maximum absolute atomic E-state index is 13.0. The number of hydrogen-bond acceptors (Lipinski definition) is 8. The number of hydrogen-bond donors (Lipinski definition) is 3. The summed E-state index contributed by atoms with van der Waals surface area (Å²) in [5.74, 6) is -1.34. The average Bonchev–Trinajstić information content (AvgIpc) is 3.29. The molecule has 4 N–H and O–H groups in total. The normalized spacial score (nSPS) is 12.3. The smallest absolute Gasteiger partial charge is 0.422 e. The van der Waals surface area contributed by atoms with Crippen LogP contribution in [0.5, 0.6) is 5.75 Å². The highest BCUT2D eigenvalue weighted by atomic mass is 32.1. The van der Waals surface area contributed by atoms with Gasteiger partial charge in [-0.25, -0.2) is 9.78 Å². The number of methoxy groups -OCH3 is 1. The molecular formula is C24H24F3N5O6S. The van der Waals surface area contributed by atoms with Crippen molar-refractivity contribution in [2.75, 3.05) is 19.0 Å². The summed E-state index contributed by atoms with van der Waals surface area (Å²) >= 11 is 1.07. The number of pyridine rings is 1. The van der Waals surface area contributed by atoms with Crippen molar-refractivity contribution in [1.29, 1.82) is 0 Å². The molecule has 3 aromatic rings. The van der Waals surface area contributed by atoms with Gasteiger partial charge < -0.3 is 30.4 Å². The Kier molecular flexibility index (Phi) is 9.65. The molecule has 39 heavy (non-hydrogen) atoms. The molecule has 0 aliphatic heterocycles. The third kappa shape index (κ3) is 8.56. The lowest BCUT2D eigenvalue weighted by molar-refractivity contribution is -0.153. The maximum atomic E-state index is 13.0. The Labute approximate surface area is 223 Å². The zero-order valence-electron chi connectivity index (χ0n) is 20.5.